The van der Waals surface area contributed by atoms with Crippen molar-refractivity contribution in [2.24, 2.45) is 11.7 Å². The molecule has 2 N–H and O–H groups in total. The Kier molecular flexibility index (Phi) is 6.64. The van der Waals surface area contributed by atoms with Gasteiger partial charge in [0.2, 0.25) is 5.91 Å². The first-order valence-electron chi connectivity index (χ1n) is 5.13. The minimum absolute atomic E-state index is 0. The first kappa shape index (κ1) is 15.1. The maximum Gasteiger partial charge on any atom is 0.235 e. The SMILES string of the molecule is CSC(C)C(=O)N1CCC(C(C)N)C1.Cl. The second-order valence-corrected chi connectivity index (χ2v) is 5.25. The molecule has 0 radical (unpaired) electrons. The molecule has 1 rings (SSSR count). The van der Waals surface area contributed by atoms with E-state index in [1.165, 1.54) is 0 Å². The highest BCUT2D eigenvalue weighted by atomic mass is 35.5. The van der Waals surface area contributed by atoms with Crippen molar-refractivity contribution in [3.05, 3.63) is 0 Å². The second kappa shape index (κ2) is 6.61. The largest absolute Gasteiger partial charge is 0.341 e. The van der Waals surface area contributed by atoms with Crippen LogP contribution < -0.4 is 5.73 Å². The highest BCUT2D eigenvalue weighted by molar-refractivity contribution is 7.99. The maximum atomic E-state index is 11.8. The zero-order valence-corrected chi connectivity index (χ0v) is 11.2. The number of thioether (sulfide) groups is 1. The van der Waals surface area contributed by atoms with Crippen molar-refractivity contribution in [3.8, 4) is 0 Å². The zero-order valence-electron chi connectivity index (χ0n) is 9.60. The van der Waals surface area contributed by atoms with Crippen LogP contribution in [0.2, 0.25) is 0 Å². The number of halogens is 1. The molecule has 0 aliphatic carbocycles. The van der Waals surface area contributed by atoms with Crippen molar-refractivity contribution in [1.82, 2.24) is 4.90 Å². The highest BCUT2D eigenvalue weighted by Gasteiger charge is 2.30. The van der Waals surface area contributed by atoms with Gasteiger partial charge in [0.1, 0.15) is 0 Å². The van der Waals surface area contributed by atoms with Crippen LogP contribution in [0.3, 0.4) is 0 Å². The summed E-state index contributed by atoms with van der Waals surface area (Å²) in [7, 11) is 0. The van der Waals surface area contributed by atoms with Crippen molar-refractivity contribution >= 4 is 30.1 Å². The standard InChI is InChI=1S/C10H20N2OS.ClH/c1-7(11)9-4-5-12(6-9)10(13)8(2)14-3;/h7-9H,4-6,11H2,1-3H3;1H. The Morgan fingerprint density at radius 3 is 2.53 bits per heavy atom. The third-order valence-corrected chi connectivity index (χ3v) is 3.89. The summed E-state index contributed by atoms with van der Waals surface area (Å²) in [6.07, 6.45) is 3.03. The van der Waals surface area contributed by atoms with Gasteiger partial charge < -0.3 is 10.6 Å². The molecular formula is C10H21ClN2OS. The molecule has 1 fully saturated rings. The number of nitrogens with two attached hydrogens (primary N) is 1. The van der Waals surface area contributed by atoms with Crippen LogP contribution in [0.5, 0.6) is 0 Å². The number of likely N-dealkylation sites (tertiary alicyclic amines) is 1. The molecule has 0 spiro atoms. The summed E-state index contributed by atoms with van der Waals surface area (Å²) < 4.78 is 0. The second-order valence-electron chi connectivity index (χ2n) is 4.07. The van der Waals surface area contributed by atoms with Crippen LogP contribution in [-0.4, -0.2) is 41.4 Å². The van der Waals surface area contributed by atoms with Gasteiger partial charge in [0, 0.05) is 19.1 Å². The third kappa shape index (κ3) is 3.85. The quantitative estimate of drug-likeness (QED) is 0.825. The Morgan fingerprint density at radius 1 is 1.53 bits per heavy atom. The number of carbonyl (C=O) groups is 1. The van der Waals surface area contributed by atoms with Gasteiger partial charge >= 0.3 is 0 Å². The van der Waals surface area contributed by atoms with E-state index in [1.54, 1.807) is 11.8 Å². The topological polar surface area (TPSA) is 46.3 Å². The summed E-state index contributed by atoms with van der Waals surface area (Å²) in [6.45, 7) is 5.72. The molecule has 1 saturated heterocycles. The van der Waals surface area contributed by atoms with Crippen molar-refractivity contribution in [1.29, 1.82) is 0 Å². The normalized spacial score (nSPS) is 24.5. The fraction of sp³-hybridized carbons (Fsp3) is 0.900. The summed E-state index contributed by atoms with van der Waals surface area (Å²) in [5.41, 5.74) is 5.83. The van der Waals surface area contributed by atoms with Crippen molar-refractivity contribution in [3.63, 3.8) is 0 Å². The Bertz CT molecular complexity index is 214. The average molecular weight is 253 g/mol. The lowest BCUT2D eigenvalue weighted by Gasteiger charge is -2.20. The number of amides is 1. The Balaban J connectivity index is 0.00000196. The maximum absolute atomic E-state index is 11.8. The third-order valence-electron chi connectivity index (χ3n) is 2.98. The van der Waals surface area contributed by atoms with Crippen molar-refractivity contribution in [2.75, 3.05) is 19.3 Å². The number of rotatable bonds is 3. The Morgan fingerprint density at radius 2 is 2.13 bits per heavy atom. The van der Waals surface area contributed by atoms with E-state index in [1.807, 2.05) is 25.0 Å². The summed E-state index contributed by atoms with van der Waals surface area (Å²) in [5, 5.41) is 0.0850. The van der Waals surface area contributed by atoms with Gasteiger partial charge in [-0.25, -0.2) is 0 Å². The molecule has 0 aromatic carbocycles. The number of hydrogen-bond donors (Lipinski definition) is 1. The zero-order chi connectivity index (χ0) is 10.7. The lowest BCUT2D eigenvalue weighted by Crippen LogP contribution is -2.36. The van der Waals surface area contributed by atoms with E-state index in [4.69, 9.17) is 5.73 Å². The molecule has 5 heteroatoms. The molecule has 3 nitrogen and oxygen atoms in total. The highest BCUT2D eigenvalue weighted by Crippen LogP contribution is 2.21. The Hall–Kier alpha value is 0.0700. The molecule has 1 aliphatic heterocycles. The van der Waals surface area contributed by atoms with Crippen molar-refractivity contribution in [2.45, 2.75) is 31.6 Å². The molecule has 1 amide bonds. The molecule has 0 aromatic heterocycles. The molecule has 0 saturated carbocycles. The van der Waals surface area contributed by atoms with Gasteiger partial charge in [0.05, 0.1) is 5.25 Å². The smallest absolute Gasteiger partial charge is 0.235 e. The molecule has 15 heavy (non-hydrogen) atoms. The van der Waals surface area contributed by atoms with Crippen LogP contribution in [0.1, 0.15) is 20.3 Å². The van der Waals surface area contributed by atoms with E-state index < -0.39 is 0 Å². The molecule has 3 unspecified atom stereocenters. The van der Waals surface area contributed by atoms with E-state index >= 15 is 0 Å². The summed E-state index contributed by atoms with van der Waals surface area (Å²) in [4.78, 5) is 13.8. The average Bonchev–Trinajstić information content (AvgIpc) is 2.64. The van der Waals surface area contributed by atoms with Crippen LogP contribution in [0.15, 0.2) is 0 Å². The van der Waals surface area contributed by atoms with Crippen LogP contribution in [0.4, 0.5) is 0 Å². The van der Waals surface area contributed by atoms with Crippen LogP contribution in [-0.2, 0) is 4.79 Å². The van der Waals surface area contributed by atoms with Gasteiger partial charge in [-0.15, -0.1) is 12.4 Å². The van der Waals surface area contributed by atoms with E-state index in [9.17, 15) is 4.79 Å². The predicted molar refractivity (Wildman–Crippen MR) is 68.6 cm³/mol. The molecule has 90 valence electrons. The summed E-state index contributed by atoms with van der Waals surface area (Å²) in [6, 6.07) is 0.206. The number of hydrogen-bond acceptors (Lipinski definition) is 3. The van der Waals surface area contributed by atoms with Crippen LogP contribution in [0.25, 0.3) is 0 Å². The van der Waals surface area contributed by atoms with Crippen LogP contribution >= 0.6 is 24.2 Å². The minimum Gasteiger partial charge on any atom is -0.341 e. The molecule has 1 heterocycles. The number of carbonyl (C=O) groups excluding carboxylic acids is 1. The van der Waals surface area contributed by atoms with Gasteiger partial charge in [-0.1, -0.05) is 0 Å². The molecule has 3 atom stereocenters. The fourth-order valence-corrected chi connectivity index (χ4v) is 2.13. The molecular weight excluding hydrogens is 232 g/mol. The first-order chi connectivity index (χ1) is 6.56. The van der Waals surface area contributed by atoms with E-state index in [2.05, 4.69) is 0 Å². The Labute approximate surface area is 103 Å². The monoisotopic (exact) mass is 252 g/mol. The summed E-state index contributed by atoms with van der Waals surface area (Å²) in [5.74, 6) is 0.758. The van der Waals surface area contributed by atoms with E-state index in [-0.39, 0.29) is 29.6 Å². The van der Waals surface area contributed by atoms with Crippen molar-refractivity contribution < 1.29 is 4.79 Å². The first-order valence-corrected chi connectivity index (χ1v) is 6.42. The van der Waals surface area contributed by atoms with Gasteiger partial charge in [0.15, 0.2) is 0 Å². The summed E-state index contributed by atoms with van der Waals surface area (Å²) >= 11 is 1.61. The van der Waals surface area contributed by atoms with E-state index in [0.29, 0.717) is 5.92 Å². The lowest BCUT2D eigenvalue weighted by atomic mass is 10.0. The minimum atomic E-state index is 0. The van der Waals surface area contributed by atoms with Gasteiger partial charge in [-0.3, -0.25) is 4.79 Å². The van der Waals surface area contributed by atoms with Gasteiger partial charge in [-0.05, 0) is 32.4 Å². The molecule has 0 aromatic rings. The number of nitrogens with zero attached hydrogens (tertiary/aromatic N) is 1. The van der Waals surface area contributed by atoms with Gasteiger partial charge in [0.25, 0.3) is 0 Å². The van der Waals surface area contributed by atoms with E-state index in [0.717, 1.165) is 19.5 Å². The van der Waals surface area contributed by atoms with Gasteiger partial charge in [-0.2, -0.15) is 11.8 Å². The fourth-order valence-electron chi connectivity index (χ4n) is 1.77. The molecule has 1 aliphatic rings. The molecule has 0 bridgehead atoms. The van der Waals surface area contributed by atoms with Crippen LogP contribution in [0, 0.1) is 5.92 Å². The predicted octanol–water partition coefficient (Wildman–Crippen LogP) is 1.36. The lowest BCUT2D eigenvalue weighted by molar-refractivity contribution is -0.129.